The maximum absolute atomic E-state index is 12.3. The van der Waals surface area contributed by atoms with Crippen LogP contribution in [0.2, 0.25) is 0 Å². The van der Waals surface area contributed by atoms with E-state index >= 15 is 0 Å². The summed E-state index contributed by atoms with van der Waals surface area (Å²) in [5.74, 6) is -0.647. The van der Waals surface area contributed by atoms with Crippen molar-refractivity contribution in [2.45, 2.75) is 26.3 Å². The number of hydrogen-bond acceptors (Lipinski definition) is 5. The van der Waals surface area contributed by atoms with E-state index in [1.807, 2.05) is 13.8 Å². The van der Waals surface area contributed by atoms with E-state index in [2.05, 4.69) is 15.3 Å². The summed E-state index contributed by atoms with van der Waals surface area (Å²) >= 11 is 0. The third-order valence-corrected chi connectivity index (χ3v) is 3.17. The molecule has 0 saturated heterocycles. The summed E-state index contributed by atoms with van der Waals surface area (Å²) in [5, 5.41) is 11.7. The molecular weight excluding hydrogens is 310 g/mol. The van der Waals surface area contributed by atoms with Gasteiger partial charge in [0.05, 0.1) is 6.20 Å². The van der Waals surface area contributed by atoms with Gasteiger partial charge in [-0.1, -0.05) is 19.9 Å². The van der Waals surface area contributed by atoms with Crippen LogP contribution in [0.1, 0.15) is 30.6 Å². The molecule has 0 unspecified atom stereocenters. The van der Waals surface area contributed by atoms with E-state index in [0.29, 0.717) is 23.6 Å². The Morgan fingerprint density at radius 1 is 1.29 bits per heavy atom. The van der Waals surface area contributed by atoms with Crippen molar-refractivity contribution in [3.63, 3.8) is 0 Å². The molecule has 0 spiro atoms. The lowest BCUT2D eigenvalue weighted by Gasteiger charge is -2.16. The first kappa shape index (κ1) is 17.4. The van der Waals surface area contributed by atoms with Gasteiger partial charge in [-0.3, -0.25) is 9.78 Å². The zero-order chi connectivity index (χ0) is 17.5. The molecule has 1 aromatic heterocycles. The summed E-state index contributed by atoms with van der Waals surface area (Å²) in [6, 6.07) is 5.51. The molecule has 0 fully saturated rings. The molecule has 2 rings (SSSR count). The Morgan fingerprint density at radius 2 is 2.08 bits per heavy atom. The summed E-state index contributed by atoms with van der Waals surface area (Å²) < 4.78 is 5.52. The quantitative estimate of drug-likeness (QED) is 0.809. The lowest BCUT2D eigenvalue weighted by atomic mass is 10.0. The van der Waals surface area contributed by atoms with Crippen molar-refractivity contribution in [1.82, 2.24) is 15.3 Å². The lowest BCUT2D eigenvalue weighted by molar-refractivity contribution is -0.139. The van der Waals surface area contributed by atoms with Crippen LogP contribution in [0.3, 0.4) is 0 Å². The number of hydrogen-bond donors (Lipinski definition) is 2. The molecule has 0 aliphatic carbocycles. The number of carbonyl (C=O) groups excluding carboxylic acids is 1. The van der Waals surface area contributed by atoms with Crippen molar-refractivity contribution in [3.8, 4) is 11.6 Å². The predicted molar refractivity (Wildman–Crippen MR) is 86.9 cm³/mol. The molecule has 24 heavy (non-hydrogen) atoms. The average Bonchev–Trinajstić information content (AvgIpc) is 2.55. The van der Waals surface area contributed by atoms with Gasteiger partial charge in [-0.25, -0.2) is 9.78 Å². The number of rotatable bonds is 7. The molecule has 0 aliphatic heterocycles. The molecule has 0 aliphatic rings. The van der Waals surface area contributed by atoms with Crippen LogP contribution in [0.25, 0.3) is 0 Å². The largest absolute Gasteiger partial charge is 0.480 e. The highest BCUT2D eigenvalue weighted by atomic mass is 16.5. The second kappa shape index (κ2) is 8.05. The van der Waals surface area contributed by atoms with Crippen LogP contribution in [-0.2, 0) is 4.79 Å². The van der Waals surface area contributed by atoms with E-state index in [1.54, 1.807) is 18.2 Å². The number of carboxylic acids is 1. The Balaban J connectivity index is 2.09. The van der Waals surface area contributed by atoms with Crippen LogP contribution in [-0.4, -0.2) is 33.0 Å². The number of nitrogens with one attached hydrogen (secondary N) is 1. The van der Waals surface area contributed by atoms with Gasteiger partial charge in [0.1, 0.15) is 11.8 Å². The van der Waals surface area contributed by atoms with Crippen LogP contribution in [0.5, 0.6) is 11.6 Å². The van der Waals surface area contributed by atoms with Crippen LogP contribution >= 0.6 is 0 Å². The van der Waals surface area contributed by atoms with Gasteiger partial charge in [0, 0.05) is 18.0 Å². The summed E-state index contributed by atoms with van der Waals surface area (Å²) in [6.45, 7) is 3.80. The van der Waals surface area contributed by atoms with Gasteiger partial charge in [-0.15, -0.1) is 0 Å². The van der Waals surface area contributed by atoms with Crippen molar-refractivity contribution in [2.75, 3.05) is 0 Å². The first-order valence-corrected chi connectivity index (χ1v) is 7.53. The monoisotopic (exact) mass is 329 g/mol. The zero-order valence-electron chi connectivity index (χ0n) is 13.5. The minimum Gasteiger partial charge on any atom is -0.480 e. The number of carboxylic acid groups (broad SMARTS) is 1. The maximum atomic E-state index is 12.3. The molecular formula is C17H19N3O4. The molecule has 2 N–H and O–H groups in total. The molecule has 0 radical (unpaired) electrons. The molecule has 126 valence electrons. The first-order chi connectivity index (χ1) is 11.5. The average molecular weight is 329 g/mol. The van der Waals surface area contributed by atoms with Gasteiger partial charge in [0.15, 0.2) is 0 Å². The van der Waals surface area contributed by atoms with Gasteiger partial charge < -0.3 is 15.2 Å². The molecule has 1 heterocycles. The minimum atomic E-state index is -1.05. The number of ether oxygens (including phenoxy) is 1. The van der Waals surface area contributed by atoms with Crippen molar-refractivity contribution >= 4 is 11.9 Å². The summed E-state index contributed by atoms with van der Waals surface area (Å²) in [5.41, 5.74) is 0.311. The topological polar surface area (TPSA) is 101 Å². The fraction of sp³-hybridized carbons (Fsp3) is 0.294. The van der Waals surface area contributed by atoms with Crippen molar-refractivity contribution in [2.24, 2.45) is 5.92 Å². The Bertz CT molecular complexity index is 704. The van der Waals surface area contributed by atoms with E-state index in [0.717, 1.165) is 0 Å². The van der Waals surface area contributed by atoms with Crippen molar-refractivity contribution < 1.29 is 19.4 Å². The number of carbonyl (C=O) groups is 2. The number of amides is 1. The molecule has 1 amide bonds. The summed E-state index contributed by atoms with van der Waals surface area (Å²) in [4.78, 5) is 31.4. The van der Waals surface area contributed by atoms with Crippen LogP contribution in [0.4, 0.5) is 0 Å². The van der Waals surface area contributed by atoms with Crippen LogP contribution in [0.15, 0.2) is 42.9 Å². The first-order valence-electron chi connectivity index (χ1n) is 7.53. The number of benzene rings is 1. The highest BCUT2D eigenvalue weighted by molar-refractivity contribution is 5.96. The SMILES string of the molecule is CC(C)C[C@H](NC(=O)c1cccc(Oc2cnccn2)c1)C(=O)O. The summed E-state index contributed by atoms with van der Waals surface area (Å²) in [7, 11) is 0. The molecule has 7 heteroatoms. The van der Waals surface area contributed by atoms with Gasteiger partial charge in [0.25, 0.3) is 5.91 Å². The van der Waals surface area contributed by atoms with E-state index in [9.17, 15) is 14.7 Å². The van der Waals surface area contributed by atoms with E-state index in [1.165, 1.54) is 24.7 Å². The number of nitrogens with zero attached hydrogens (tertiary/aromatic N) is 2. The minimum absolute atomic E-state index is 0.151. The standard InChI is InChI=1S/C17H19N3O4/c1-11(2)8-14(17(22)23)20-16(21)12-4-3-5-13(9-12)24-15-10-18-6-7-19-15/h3-7,9-11,14H,8H2,1-2H3,(H,20,21)(H,22,23)/t14-/m0/s1. The lowest BCUT2D eigenvalue weighted by Crippen LogP contribution is -2.41. The number of aliphatic carboxylic acids is 1. The molecule has 2 aromatic rings. The second-order valence-corrected chi connectivity index (χ2v) is 5.67. The second-order valence-electron chi connectivity index (χ2n) is 5.67. The van der Waals surface area contributed by atoms with E-state index in [4.69, 9.17) is 4.74 Å². The normalized spacial score (nSPS) is 11.8. The Hall–Kier alpha value is -2.96. The highest BCUT2D eigenvalue weighted by Crippen LogP contribution is 2.19. The van der Waals surface area contributed by atoms with Crippen LogP contribution in [0, 0.1) is 5.92 Å². The third kappa shape index (κ3) is 5.05. The van der Waals surface area contributed by atoms with E-state index in [-0.39, 0.29) is 5.92 Å². The van der Waals surface area contributed by atoms with Crippen LogP contribution < -0.4 is 10.1 Å². The fourth-order valence-electron chi connectivity index (χ4n) is 2.09. The third-order valence-electron chi connectivity index (χ3n) is 3.17. The molecule has 1 atom stereocenters. The number of aromatic nitrogens is 2. The van der Waals surface area contributed by atoms with Gasteiger partial charge >= 0.3 is 5.97 Å². The fourth-order valence-corrected chi connectivity index (χ4v) is 2.09. The molecule has 1 aromatic carbocycles. The zero-order valence-corrected chi connectivity index (χ0v) is 13.5. The molecule has 7 nitrogen and oxygen atoms in total. The van der Waals surface area contributed by atoms with Crippen molar-refractivity contribution in [3.05, 3.63) is 48.4 Å². The van der Waals surface area contributed by atoms with Gasteiger partial charge in [-0.05, 0) is 30.5 Å². The molecule has 0 bridgehead atoms. The Labute approximate surface area is 139 Å². The van der Waals surface area contributed by atoms with E-state index < -0.39 is 17.9 Å². The summed E-state index contributed by atoms with van der Waals surface area (Å²) in [6.07, 6.45) is 4.83. The van der Waals surface area contributed by atoms with Gasteiger partial charge in [-0.2, -0.15) is 0 Å². The highest BCUT2D eigenvalue weighted by Gasteiger charge is 2.21. The Morgan fingerprint density at radius 3 is 2.71 bits per heavy atom. The Kier molecular flexibility index (Phi) is 5.83. The smallest absolute Gasteiger partial charge is 0.326 e. The predicted octanol–water partition coefficient (Wildman–Crippen LogP) is 2.50. The van der Waals surface area contributed by atoms with Gasteiger partial charge in [0.2, 0.25) is 5.88 Å². The van der Waals surface area contributed by atoms with Crippen molar-refractivity contribution in [1.29, 1.82) is 0 Å². The molecule has 0 saturated carbocycles. The maximum Gasteiger partial charge on any atom is 0.326 e.